The van der Waals surface area contributed by atoms with Gasteiger partial charge < -0.3 is 37.6 Å². The number of carboxylic acid groups (broad SMARTS) is 1. The van der Waals surface area contributed by atoms with Crippen molar-refractivity contribution in [2.75, 3.05) is 19.7 Å². The summed E-state index contributed by atoms with van der Waals surface area (Å²) < 4.78 is 0. The SMILES string of the molecule is CC[C@H](C)[C@H](N)C(=O)NCC(=O)N[C@@H](CO)C(=O)N[C@@H](CCCCN)C(=O)O. The number of aliphatic hydroxyl groups is 1. The summed E-state index contributed by atoms with van der Waals surface area (Å²) in [7, 11) is 0. The van der Waals surface area contributed by atoms with E-state index in [1.165, 1.54) is 0 Å². The lowest BCUT2D eigenvalue weighted by atomic mass is 9.99. The first-order chi connectivity index (χ1) is 13.2. The highest BCUT2D eigenvalue weighted by Gasteiger charge is 2.26. The Morgan fingerprint density at radius 1 is 1.04 bits per heavy atom. The van der Waals surface area contributed by atoms with Crippen molar-refractivity contribution >= 4 is 23.7 Å². The normalized spacial score (nSPS) is 15.0. The summed E-state index contributed by atoms with van der Waals surface area (Å²) in [5.41, 5.74) is 11.1. The number of rotatable bonds is 14. The number of nitrogens with one attached hydrogen (secondary N) is 3. The summed E-state index contributed by atoms with van der Waals surface area (Å²) >= 11 is 0. The van der Waals surface area contributed by atoms with Crippen molar-refractivity contribution in [1.82, 2.24) is 16.0 Å². The number of hydrogen-bond donors (Lipinski definition) is 7. The van der Waals surface area contributed by atoms with Gasteiger partial charge in [-0.1, -0.05) is 20.3 Å². The molecule has 0 aromatic rings. The molecule has 0 aromatic heterocycles. The van der Waals surface area contributed by atoms with Crippen molar-refractivity contribution in [3.05, 3.63) is 0 Å². The minimum atomic E-state index is -1.34. The van der Waals surface area contributed by atoms with Crippen LogP contribution in [-0.4, -0.2) is 71.7 Å². The van der Waals surface area contributed by atoms with Gasteiger partial charge in [0.15, 0.2) is 0 Å². The molecule has 0 saturated heterocycles. The predicted octanol–water partition coefficient (Wildman–Crippen LogP) is -2.35. The Morgan fingerprint density at radius 3 is 2.18 bits per heavy atom. The van der Waals surface area contributed by atoms with Crippen LogP contribution in [0.15, 0.2) is 0 Å². The van der Waals surface area contributed by atoms with Crippen LogP contribution in [0.1, 0.15) is 39.5 Å². The van der Waals surface area contributed by atoms with E-state index in [-0.39, 0.29) is 12.3 Å². The fourth-order valence-electron chi connectivity index (χ4n) is 2.26. The Hall–Kier alpha value is -2.24. The van der Waals surface area contributed by atoms with Crippen LogP contribution in [0.3, 0.4) is 0 Å². The van der Waals surface area contributed by atoms with Crippen LogP contribution in [0.4, 0.5) is 0 Å². The summed E-state index contributed by atoms with van der Waals surface area (Å²) in [6, 6.07) is -3.26. The van der Waals surface area contributed by atoms with Gasteiger partial charge in [0.2, 0.25) is 17.7 Å². The molecule has 0 heterocycles. The quantitative estimate of drug-likeness (QED) is 0.156. The second-order valence-corrected chi connectivity index (χ2v) is 6.62. The molecule has 0 spiro atoms. The summed E-state index contributed by atoms with van der Waals surface area (Å²) in [6.45, 7) is 2.94. The smallest absolute Gasteiger partial charge is 0.326 e. The molecule has 3 amide bonds. The summed E-state index contributed by atoms with van der Waals surface area (Å²) in [5, 5.41) is 25.4. The van der Waals surface area contributed by atoms with Crippen LogP contribution in [0, 0.1) is 5.92 Å². The van der Waals surface area contributed by atoms with E-state index in [2.05, 4.69) is 16.0 Å². The number of amides is 3. The molecule has 0 unspecified atom stereocenters. The molecule has 11 heteroatoms. The van der Waals surface area contributed by atoms with E-state index in [0.717, 1.165) is 0 Å². The lowest BCUT2D eigenvalue weighted by Crippen LogP contribution is -2.55. The average molecular weight is 403 g/mol. The van der Waals surface area contributed by atoms with E-state index in [1.54, 1.807) is 0 Å². The molecule has 0 aliphatic carbocycles. The lowest BCUT2D eigenvalue weighted by Gasteiger charge is -2.21. The standard InChI is InChI=1S/C17H33N5O6/c1-3-10(2)14(19)16(26)20-8-13(24)21-12(9-23)15(25)22-11(17(27)28)6-4-5-7-18/h10-12,14,23H,3-9,18-19H2,1-2H3,(H,20,26)(H,21,24)(H,22,25)(H,27,28)/t10-,11-,12-,14-/m0/s1. The molecular formula is C17H33N5O6. The number of aliphatic carboxylic acids is 1. The number of unbranched alkanes of at least 4 members (excludes halogenated alkanes) is 1. The van der Waals surface area contributed by atoms with Gasteiger partial charge in [-0.15, -0.1) is 0 Å². The van der Waals surface area contributed by atoms with Gasteiger partial charge in [0, 0.05) is 0 Å². The minimum Gasteiger partial charge on any atom is -0.480 e. The number of carboxylic acids is 1. The molecule has 0 rings (SSSR count). The maximum Gasteiger partial charge on any atom is 0.326 e. The first-order valence-corrected chi connectivity index (χ1v) is 9.34. The fourth-order valence-corrected chi connectivity index (χ4v) is 2.26. The number of nitrogens with two attached hydrogens (primary N) is 2. The number of carbonyl (C=O) groups is 4. The highest BCUT2D eigenvalue weighted by molar-refractivity contribution is 5.92. The van der Waals surface area contributed by atoms with E-state index >= 15 is 0 Å². The minimum absolute atomic E-state index is 0.0637. The monoisotopic (exact) mass is 403 g/mol. The van der Waals surface area contributed by atoms with Crippen LogP contribution in [0.2, 0.25) is 0 Å². The molecular weight excluding hydrogens is 370 g/mol. The third-order valence-corrected chi connectivity index (χ3v) is 4.38. The van der Waals surface area contributed by atoms with E-state index in [1.807, 2.05) is 13.8 Å². The Kier molecular flexibility index (Phi) is 12.7. The first-order valence-electron chi connectivity index (χ1n) is 9.34. The van der Waals surface area contributed by atoms with Crippen LogP contribution in [0.5, 0.6) is 0 Å². The highest BCUT2D eigenvalue weighted by Crippen LogP contribution is 2.05. The molecule has 0 aromatic carbocycles. The van der Waals surface area contributed by atoms with Crippen molar-refractivity contribution < 1.29 is 29.4 Å². The van der Waals surface area contributed by atoms with Crippen molar-refractivity contribution in [2.45, 2.75) is 57.7 Å². The third kappa shape index (κ3) is 9.62. The summed E-state index contributed by atoms with van der Waals surface area (Å²) in [4.78, 5) is 47.2. The van der Waals surface area contributed by atoms with Gasteiger partial charge in [-0.3, -0.25) is 14.4 Å². The Morgan fingerprint density at radius 2 is 1.68 bits per heavy atom. The van der Waals surface area contributed by atoms with E-state index < -0.39 is 55.0 Å². The lowest BCUT2D eigenvalue weighted by molar-refractivity contribution is -0.142. The summed E-state index contributed by atoms with van der Waals surface area (Å²) in [5.74, 6) is -3.33. The zero-order valence-electron chi connectivity index (χ0n) is 16.4. The van der Waals surface area contributed by atoms with Gasteiger partial charge in [-0.05, 0) is 31.7 Å². The molecule has 4 atom stereocenters. The Bertz CT molecular complexity index is 530. The maximum atomic E-state index is 12.2. The molecule has 0 aliphatic rings. The van der Waals surface area contributed by atoms with Crippen LogP contribution in [-0.2, 0) is 19.2 Å². The molecule has 9 N–H and O–H groups in total. The largest absolute Gasteiger partial charge is 0.480 e. The van der Waals surface area contributed by atoms with Gasteiger partial charge in [0.1, 0.15) is 12.1 Å². The molecule has 0 saturated carbocycles. The molecule has 28 heavy (non-hydrogen) atoms. The molecule has 0 bridgehead atoms. The third-order valence-electron chi connectivity index (χ3n) is 4.38. The summed E-state index contributed by atoms with van der Waals surface area (Å²) in [6.07, 6.45) is 1.99. The zero-order chi connectivity index (χ0) is 21.7. The van der Waals surface area contributed by atoms with Crippen molar-refractivity contribution in [2.24, 2.45) is 17.4 Å². The van der Waals surface area contributed by atoms with Crippen LogP contribution < -0.4 is 27.4 Å². The number of hydrogen-bond acceptors (Lipinski definition) is 7. The molecule has 0 radical (unpaired) electrons. The van der Waals surface area contributed by atoms with E-state index in [9.17, 15) is 24.3 Å². The van der Waals surface area contributed by atoms with Crippen molar-refractivity contribution in [3.63, 3.8) is 0 Å². The predicted molar refractivity (Wildman–Crippen MR) is 102 cm³/mol. The second-order valence-electron chi connectivity index (χ2n) is 6.62. The molecule has 162 valence electrons. The average Bonchev–Trinajstić information content (AvgIpc) is 2.67. The number of carbonyl (C=O) groups excluding carboxylic acids is 3. The van der Waals surface area contributed by atoms with Crippen molar-refractivity contribution in [1.29, 1.82) is 0 Å². The first kappa shape index (κ1) is 25.8. The highest BCUT2D eigenvalue weighted by atomic mass is 16.4. The van der Waals surface area contributed by atoms with Crippen LogP contribution >= 0.6 is 0 Å². The second kappa shape index (κ2) is 13.9. The fraction of sp³-hybridized carbons (Fsp3) is 0.765. The Balaban J connectivity index is 4.60. The van der Waals surface area contributed by atoms with Gasteiger partial charge in [-0.2, -0.15) is 0 Å². The van der Waals surface area contributed by atoms with Crippen LogP contribution in [0.25, 0.3) is 0 Å². The topological polar surface area (TPSA) is 197 Å². The zero-order valence-corrected chi connectivity index (χ0v) is 16.4. The molecule has 0 fully saturated rings. The van der Waals surface area contributed by atoms with Gasteiger partial charge in [0.25, 0.3) is 0 Å². The van der Waals surface area contributed by atoms with Gasteiger partial charge >= 0.3 is 5.97 Å². The number of aliphatic hydroxyl groups excluding tert-OH is 1. The maximum absolute atomic E-state index is 12.2. The Labute approximate surface area is 164 Å². The molecule has 0 aliphatic heterocycles. The van der Waals surface area contributed by atoms with E-state index in [4.69, 9.17) is 16.6 Å². The van der Waals surface area contributed by atoms with Gasteiger partial charge in [0.05, 0.1) is 19.2 Å². The van der Waals surface area contributed by atoms with E-state index in [0.29, 0.717) is 25.8 Å². The molecule has 11 nitrogen and oxygen atoms in total. The van der Waals surface area contributed by atoms with Crippen molar-refractivity contribution in [3.8, 4) is 0 Å². The van der Waals surface area contributed by atoms with Gasteiger partial charge in [-0.25, -0.2) is 4.79 Å².